The van der Waals surface area contributed by atoms with Crippen LogP contribution in [0.5, 0.6) is 0 Å². The van der Waals surface area contributed by atoms with Gasteiger partial charge < -0.3 is 9.80 Å². The van der Waals surface area contributed by atoms with E-state index in [4.69, 9.17) is 0 Å². The number of carbonyl (C=O) groups excluding carboxylic acids is 1. The molecule has 0 saturated carbocycles. The van der Waals surface area contributed by atoms with Crippen LogP contribution in [-0.2, 0) is 12.8 Å². The SMILES string of the molecule is CN1CCN(c2cccc(C(=O)c3ncc4c(n3)CCC4)c2)CC1. The van der Waals surface area contributed by atoms with Gasteiger partial charge in [-0.1, -0.05) is 12.1 Å². The molecule has 0 amide bonds. The molecule has 5 heteroatoms. The van der Waals surface area contributed by atoms with Crippen molar-refractivity contribution in [2.24, 2.45) is 0 Å². The van der Waals surface area contributed by atoms with E-state index in [1.54, 1.807) is 0 Å². The molecule has 2 aliphatic rings. The zero-order valence-corrected chi connectivity index (χ0v) is 14.0. The summed E-state index contributed by atoms with van der Waals surface area (Å²) < 4.78 is 0. The molecule has 24 heavy (non-hydrogen) atoms. The molecule has 124 valence electrons. The van der Waals surface area contributed by atoms with Gasteiger partial charge in [0.05, 0.1) is 0 Å². The smallest absolute Gasteiger partial charge is 0.230 e. The first kappa shape index (κ1) is 15.3. The van der Waals surface area contributed by atoms with Gasteiger partial charge in [0, 0.05) is 49.3 Å². The molecular weight excluding hydrogens is 300 g/mol. The minimum atomic E-state index is -0.0827. The highest BCUT2D eigenvalue weighted by Gasteiger charge is 2.20. The van der Waals surface area contributed by atoms with Crippen molar-refractivity contribution < 1.29 is 4.79 Å². The van der Waals surface area contributed by atoms with Crippen LogP contribution in [0.4, 0.5) is 5.69 Å². The van der Waals surface area contributed by atoms with E-state index in [0.717, 1.165) is 56.8 Å². The quantitative estimate of drug-likeness (QED) is 0.809. The molecule has 2 aromatic rings. The summed E-state index contributed by atoms with van der Waals surface area (Å²) in [5.74, 6) is 0.242. The van der Waals surface area contributed by atoms with E-state index in [2.05, 4.69) is 32.9 Å². The first-order chi connectivity index (χ1) is 11.7. The van der Waals surface area contributed by atoms with Crippen molar-refractivity contribution in [1.29, 1.82) is 0 Å². The van der Waals surface area contributed by atoms with Crippen LogP contribution in [0.15, 0.2) is 30.5 Å². The fourth-order valence-electron chi connectivity index (χ4n) is 3.46. The topological polar surface area (TPSA) is 49.3 Å². The molecule has 2 heterocycles. The molecule has 1 aromatic carbocycles. The van der Waals surface area contributed by atoms with E-state index < -0.39 is 0 Å². The van der Waals surface area contributed by atoms with Gasteiger partial charge in [0.15, 0.2) is 0 Å². The van der Waals surface area contributed by atoms with Crippen molar-refractivity contribution in [2.45, 2.75) is 19.3 Å². The average molecular weight is 322 g/mol. The van der Waals surface area contributed by atoms with E-state index in [1.165, 1.54) is 5.56 Å². The molecule has 1 aliphatic heterocycles. The fourth-order valence-corrected chi connectivity index (χ4v) is 3.46. The number of hydrogen-bond acceptors (Lipinski definition) is 5. The van der Waals surface area contributed by atoms with Crippen molar-refractivity contribution in [1.82, 2.24) is 14.9 Å². The Morgan fingerprint density at radius 2 is 1.96 bits per heavy atom. The lowest BCUT2D eigenvalue weighted by Gasteiger charge is -2.34. The van der Waals surface area contributed by atoms with E-state index in [1.807, 2.05) is 24.4 Å². The second kappa shape index (κ2) is 6.32. The lowest BCUT2D eigenvalue weighted by atomic mass is 10.1. The highest BCUT2D eigenvalue weighted by Crippen LogP contribution is 2.21. The van der Waals surface area contributed by atoms with E-state index in [0.29, 0.717) is 11.4 Å². The Kier molecular flexibility index (Phi) is 4.02. The number of carbonyl (C=O) groups is 1. The van der Waals surface area contributed by atoms with Crippen molar-refractivity contribution >= 4 is 11.5 Å². The maximum absolute atomic E-state index is 12.8. The number of hydrogen-bond donors (Lipinski definition) is 0. The number of ketones is 1. The fraction of sp³-hybridized carbons (Fsp3) is 0.421. The minimum absolute atomic E-state index is 0.0827. The van der Waals surface area contributed by atoms with Gasteiger partial charge in [-0.25, -0.2) is 9.97 Å². The van der Waals surface area contributed by atoms with Gasteiger partial charge in [0.1, 0.15) is 0 Å². The van der Waals surface area contributed by atoms with Gasteiger partial charge in [-0.05, 0) is 44.0 Å². The van der Waals surface area contributed by atoms with Gasteiger partial charge in [-0.15, -0.1) is 0 Å². The second-order valence-corrected chi connectivity index (χ2v) is 6.69. The predicted octanol–water partition coefficient (Wildman–Crippen LogP) is 1.95. The number of rotatable bonds is 3. The second-order valence-electron chi connectivity index (χ2n) is 6.69. The molecule has 5 nitrogen and oxygen atoms in total. The summed E-state index contributed by atoms with van der Waals surface area (Å²) >= 11 is 0. The summed E-state index contributed by atoms with van der Waals surface area (Å²) in [6.07, 6.45) is 4.93. The maximum atomic E-state index is 12.8. The molecule has 0 radical (unpaired) electrons. The molecule has 0 unspecified atom stereocenters. The standard InChI is InChI=1S/C19H22N4O/c1-22-8-10-23(11-9-22)16-6-2-4-14(12-16)18(24)19-20-13-15-5-3-7-17(15)21-19/h2,4,6,12-13H,3,5,7-11H2,1H3. The van der Waals surface area contributed by atoms with Crippen LogP contribution >= 0.6 is 0 Å². The number of piperazine rings is 1. The van der Waals surface area contributed by atoms with Gasteiger partial charge in [-0.2, -0.15) is 0 Å². The normalized spacial score (nSPS) is 17.8. The van der Waals surface area contributed by atoms with E-state index >= 15 is 0 Å². The largest absolute Gasteiger partial charge is 0.369 e. The summed E-state index contributed by atoms with van der Waals surface area (Å²) in [6.45, 7) is 4.07. The van der Waals surface area contributed by atoms with Gasteiger partial charge in [-0.3, -0.25) is 4.79 Å². The number of anilines is 1. The van der Waals surface area contributed by atoms with Crippen molar-refractivity contribution in [3.8, 4) is 0 Å². The molecule has 1 aliphatic carbocycles. The molecule has 0 N–H and O–H groups in total. The zero-order chi connectivity index (χ0) is 16.5. The third kappa shape index (κ3) is 2.91. The van der Waals surface area contributed by atoms with Crippen LogP contribution in [0, 0.1) is 0 Å². The molecule has 1 saturated heterocycles. The van der Waals surface area contributed by atoms with Crippen LogP contribution in [0.25, 0.3) is 0 Å². The number of benzene rings is 1. The Hall–Kier alpha value is -2.27. The molecule has 1 fully saturated rings. The van der Waals surface area contributed by atoms with E-state index in [-0.39, 0.29) is 5.78 Å². The lowest BCUT2D eigenvalue weighted by Crippen LogP contribution is -2.44. The molecule has 1 aromatic heterocycles. The summed E-state index contributed by atoms with van der Waals surface area (Å²) in [7, 11) is 2.14. The lowest BCUT2D eigenvalue weighted by molar-refractivity contribution is 0.102. The minimum Gasteiger partial charge on any atom is -0.369 e. The summed E-state index contributed by atoms with van der Waals surface area (Å²) in [4.78, 5) is 26.2. The van der Waals surface area contributed by atoms with Crippen LogP contribution in [-0.4, -0.2) is 53.9 Å². The van der Waals surface area contributed by atoms with Crippen LogP contribution < -0.4 is 4.90 Å². The number of likely N-dealkylation sites (N-methyl/N-ethyl adjacent to an activating group) is 1. The molecule has 0 bridgehead atoms. The Morgan fingerprint density at radius 3 is 2.79 bits per heavy atom. The van der Waals surface area contributed by atoms with Gasteiger partial charge in [0.2, 0.25) is 11.6 Å². The summed E-state index contributed by atoms with van der Waals surface area (Å²) in [6, 6.07) is 7.86. The van der Waals surface area contributed by atoms with Crippen LogP contribution in [0.1, 0.15) is 33.9 Å². The highest BCUT2D eigenvalue weighted by molar-refractivity contribution is 6.07. The number of fused-ring (bicyclic) bond motifs is 1. The van der Waals surface area contributed by atoms with Crippen LogP contribution in [0.3, 0.4) is 0 Å². The zero-order valence-electron chi connectivity index (χ0n) is 14.0. The molecule has 0 spiro atoms. The number of aromatic nitrogens is 2. The first-order valence-corrected chi connectivity index (χ1v) is 8.64. The first-order valence-electron chi connectivity index (χ1n) is 8.64. The Bertz CT molecular complexity index is 766. The molecule has 0 atom stereocenters. The van der Waals surface area contributed by atoms with Crippen molar-refractivity contribution in [3.05, 3.63) is 53.1 Å². The average Bonchev–Trinajstić information content (AvgIpc) is 3.09. The maximum Gasteiger partial charge on any atom is 0.230 e. The Morgan fingerprint density at radius 1 is 1.12 bits per heavy atom. The highest BCUT2D eigenvalue weighted by atomic mass is 16.1. The van der Waals surface area contributed by atoms with E-state index in [9.17, 15) is 4.79 Å². The predicted molar refractivity (Wildman–Crippen MR) is 93.6 cm³/mol. The molecule has 4 rings (SSSR count). The summed E-state index contributed by atoms with van der Waals surface area (Å²) in [5, 5.41) is 0. The van der Waals surface area contributed by atoms with Gasteiger partial charge >= 0.3 is 0 Å². The van der Waals surface area contributed by atoms with Crippen LogP contribution in [0.2, 0.25) is 0 Å². The number of nitrogens with zero attached hydrogens (tertiary/aromatic N) is 4. The van der Waals surface area contributed by atoms with Gasteiger partial charge in [0.25, 0.3) is 0 Å². The molecular formula is C19H22N4O. The Labute approximate surface area is 142 Å². The van der Waals surface area contributed by atoms with Crippen molar-refractivity contribution in [2.75, 3.05) is 38.1 Å². The third-order valence-electron chi connectivity index (χ3n) is 4.99. The third-order valence-corrected chi connectivity index (χ3v) is 4.99. The number of aryl methyl sites for hydroxylation is 2. The Balaban J connectivity index is 1.57. The van der Waals surface area contributed by atoms with Crippen molar-refractivity contribution in [3.63, 3.8) is 0 Å². The monoisotopic (exact) mass is 322 g/mol. The summed E-state index contributed by atoms with van der Waals surface area (Å²) in [5.41, 5.74) is 4.01.